The van der Waals surface area contributed by atoms with Crippen molar-refractivity contribution in [2.45, 2.75) is 0 Å². The van der Waals surface area contributed by atoms with E-state index in [1.165, 1.54) is 6.26 Å². The van der Waals surface area contributed by atoms with Crippen LogP contribution in [0.1, 0.15) is 0 Å². The van der Waals surface area contributed by atoms with Crippen LogP contribution in [0.15, 0.2) is 0 Å². The summed E-state index contributed by atoms with van der Waals surface area (Å²) in [6, 6.07) is 0. The van der Waals surface area contributed by atoms with E-state index >= 15 is 0 Å². The van der Waals surface area contributed by atoms with Crippen molar-refractivity contribution in [1.29, 1.82) is 0 Å². The van der Waals surface area contributed by atoms with E-state index in [4.69, 9.17) is 0 Å². The van der Waals surface area contributed by atoms with E-state index in [1.807, 2.05) is 0 Å². The van der Waals surface area contributed by atoms with Gasteiger partial charge in [-0.2, -0.15) is 0 Å². The average molecular weight is 162 g/mol. The average Bonchev–Trinajstić information content (AvgIpc) is 1.87. The molecular weight excluding hydrogens is 156 g/mol. The molecule has 56 valence electrons. The van der Waals surface area contributed by atoms with Crippen molar-refractivity contribution in [2.24, 2.45) is 5.73 Å². The highest BCUT2D eigenvalue weighted by Crippen LogP contribution is 1.90. The quantitative estimate of drug-likeness (QED) is 0.450. The van der Waals surface area contributed by atoms with Crippen LogP contribution >= 0.6 is 11.8 Å². The molecular formula is C4H6N2O3S. The molecule has 0 aliphatic carbocycles. The Morgan fingerprint density at radius 1 is 1.40 bits per heavy atom. The van der Waals surface area contributed by atoms with Crippen LogP contribution in [0.3, 0.4) is 0 Å². The molecule has 6 heteroatoms. The molecule has 0 fully saturated rings. The predicted octanol–water partition coefficient (Wildman–Crippen LogP) is -0.929. The Balaban J connectivity index is 3.80. The Bertz CT molecular complexity index is 179. The van der Waals surface area contributed by atoms with Crippen molar-refractivity contribution in [3.8, 4) is 0 Å². The summed E-state index contributed by atoms with van der Waals surface area (Å²) in [6.07, 6.45) is 1.48. The number of hydrogen-bond donors (Lipinski definition) is 2. The van der Waals surface area contributed by atoms with Crippen LogP contribution in [0, 0.1) is 0 Å². The summed E-state index contributed by atoms with van der Waals surface area (Å²) in [4.78, 5) is 30.6. The smallest absolute Gasteiger partial charge is 0.316 e. The summed E-state index contributed by atoms with van der Waals surface area (Å²) in [5.41, 5.74) is 4.53. The predicted molar refractivity (Wildman–Crippen MR) is 36.2 cm³/mol. The Labute approximate surface area is 61.3 Å². The SMILES string of the molecule is CSC(=O)NC(=O)C(N)=O. The van der Waals surface area contributed by atoms with Gasteiger partial charge >= 0.3 is 11.8 Å². The van der Waals surface area contributed by atoms with E-state index in [2.05, 4.69) is 5.73 Å². The number of imide groups is 1. The molecule has 5 nitrogen and oxygen atoms in total. The molecule has 0 atom stereocenters. The third-order valence-electron chi connectivity index (χ3n) is 0.625. The monoisotopic (exact) mass is 162 g/mol. The molecule has 3 N–H and O–H groups in total. The third kappa shape index (κ3) is 3.08. The highest BCUT2D eigenvalue weighted by Gasteiger charge is 2.10. The number of carbonyl (C=O) groups excluding carboxylic acids is 3. The maximum absolute atomic E-state index is 10.3. The minimum atomic E-state index is -1.16. The first-order chi connectivity index (χ1) is 4.57. The summed E-state index contributed by atoms with van der Waals surface area (Å²) in [6.45, 7) is 0. The molecule has 3 amide bonds. The lowest BCUT2D eigenvalue weighted by Gasteiger charge is -1.94. The maximum atomic E-state index is 10.3. The lowest BCUT2D eigenvalue weighted by Crippen LogP contribution is -2.37. The largest absolute Gasteiger partial charge is 0.361 e. The summed E-state index contributed by atoms with van der Waals surface area (Å²) < 4.78 is 0. The van der Waals surface area contributed by atoms with Gasteiger partial charge in [-0.3, -0.25) is 19.7 Å². The van der Waals surface area contributed by atoms with E-state index in [0.29, 0.717) is 0 Å². The zero-order chi connectivity index (χ0) is 8.15. The molecule has 0 aliphatic rings. The first-order valence-corrected chi connectivity index (χ1v) is 3.49. The van der Waals surface area contributed by atoms with Gasteiger partial charge in [0.25, 0.3) is 5.24 Å². The molecule has 0 saturated heterocycles. The molecule has 0 aliphatic heterocycles. The second-order valence-corrected chi connectivity index (χ2v) is 2.09. The highest BCUT2D eigenvalue weighted by atomic mass is 32.2. The summed E-state index contributed by atoms with van der Waals surface area (Å²) in [5, 5.41) is 1.15. The van der Waals surface area contributed by atoms with Gasteiger partial charge in [0.1, 0.15) is 0 Å². The zero-order valence-corrected chi connectivity index (χ0v) is 6.03. The van der Waals surface area contributed by atoms with E-state index in [9.17, 15) is 14.4 Å². The first-order valence-electron chi connectivity index (χ1n) is 2.26. The number of rotatable bonds is 0. The van der Waals surface area contributed by atoms with E-state index in [-0.39, 0.29) is 0 Å². The molecule has 0 heterocycles. The standard InChI is InChI=1S/C4H6N2O3S/c1-10-4(9)6-3(8)2(5)7/h1H3,(H2,5,7)(H,6,8,9). The molecule has 0 aromatic heterocycles. The van der Waals surface area contributed by atoms with Crippen molar-refractivity contribution in [3.05, 3.63) is 0 Å². The van der Waals surface area contributed by atoms with Crippen molar-refractivity contribution < 1.29 is 14.4 Å². The fraction of sp³-hybridized carbons (Fsp3) is 0.250. The Kier molecular flexibility index (Phi) is 3.48. The molecule has 0 spiro atoms. The third-order valence-corrected chi connectivity index (χ3v) is 1.10. The summed E-state index contributed by atoms with van der Waals surface area (Å²) >= 11 is 0.792. The van der Waals surface area contributed by atoms with Gasteiger partial charge in [-0.05, 0) is 6.26 Å². The molecule has 10 heavy (non-hydrogen) atoms. The molecule has 0 saturated carbocycles. The molecule has 0 aromatic rings. The van der Waals surface area contributed by atoms with Gasteiger partial charge in [0.05, 0.1) is 0 Å². The van der Waals surface area contributed by atoms with Crippen LogP contribution in [-0.2, 0) is 9.59 Å². The summed E-state index contributed by atoms with van der Waals surface area (Å²) in [7, 11) is 0. The van der Waals surface area contributed by atoms with E-state index < -0.39 is 17.1 Å². The number of hydrogen-bond acceptors (Lipinski definition) is 4. The van der Waals surface area contributed by atoms with Gasteiger partial charge < -0.3 is 5.73 Å². The van der Waals surface area contributed by atoms with Crippen LogP contribution in [0.2, 0.25) is 0 Å². The van der Waals surface area contributed by atoms with E-state index in [1.54, 1.807) is 5.32 Å². The van der Waals surface area contributed by atoms with Gasteiger partial charge in [0.15, 0.2) is 0 Å². The number of carbonyl (C=O) groups is 3. The minimum absolute atomic E-state index is 0.594. The number of primary amides is 1. The first kappa shape index (κ1) is 8.96. The molecule has 0 bridgehead atoms. The van der Waals surface area contributed by atoms with Crippen molar-refractivity contribution in [2.75, 3.05) is 6.26 Å². The van der Waals surface area contributed by atoms with Crippen molar-refractivity contribution in [1.82, 2.24) is 5.32 Å². The fourth-order valence-corrected chi connectivity index (χ4v) is 0.400. The molecule has 0 rings (SSSR count). The maximum Gasteiger partial charge on any atom is 0.316 e. The van der Waals surface area contributed by atoms with Gasteiger partial charge in [-0.15, -0.1) is 0 Å². The van der Waals surface area contributed by atoms with Crippen LogP contribution in [0.4, 0.5) is 4.79 Å². The fourth-order valence-electron chi connectivity index (χ4n) is 0.205. The number of amides is 3. The molecule has 0 radical (unpaired) electrons. The van der Waals surface area contributed by atoms with Gasteiger partial charge in [-0.1, -0.05) is 11.8 Å². The normalized spacial score (nSPS) is 8.50. The Hall–Kier alpha value is -1.04. The Morgan fingerprint density at radius 2 is 1.90 bits per heavy atom. The lowest BCUT2D eigenvalue weighted by molar-refractivity contribution is -0.136. The second-order valence-electron chi connectivity index (χ2n) is 1.31. The molecule has 0 aromatic carbocycles. The molecule has 0 unspecified atom stereocenters. The van der Waals surface area contributed by atoms with Crippen LogP contribution in [0.25, 0.3) is 0 Å². The Morgan fingerprint density at radius 3 is 2.20 bits per heavy atom. The number of thioether (sulfide) groups is 1. The van der Waals surface area contributed by atoms with E-state index in [0.717, 1.165) is 11.8 Å². The van der Waals surface area contributed by atoms with Crippen LogP contribution in [0.5, 0.6) is 0 Å². The van der Waals surface area contributed by atoms with Crippen LogP contribution < -0.4 is 11.1 Å². The van der Waals surface area contributed by atoms with Gasteiger partial charge in [0.2, 0.25) is 0 Å². The summed E-state index contributed by atoms with van der Waals surface area (Å²) in [5.74, 6) is -2.25. The van der Waals surface area contributed by atoms with Crippen molar-refractivity contribution in [3.63, 3.8) is 0 Å². The minimum Gasteiger partial charge on any atom is -0.361 e. The number of nitrogens with one attached hydrogen (secondary N) is 1. The van der Waals surface area contributed by atoms with Gasteiger partial charge in [0, 0.05) is 0 Å². The topological polar surface area (TPSA) is 89.3 Å². The second kappa shape index (κ2) is 3.89. The van der Waals surface area contributed by atoms with Crippen LogP contribution in [-0.4, -0.2) is 23.3 Å². The lowest BCUT2D eigenvalue weighted by atomic mass is 10.6. The highest BCUT2D eigenvalue weighted by molar-refractivity contribution is 8.13. The van der Waals surface area contributed by atoms with Crippen molar-refractivity contribution >= 4 is 28.8 Å². The number of nitrogens with two attached hydrogens (primary N) is 1. The zero-order valence-electron chi connectivity index (χ0n) is 5.21. The van der Waals surface area contributed by atoms with Gasteiger partial charge in [-0.25, -0.2) is 0 Å².